The van der Waals surface area contributed by atoms with Crippen molar-refractivity contribution in [2.45, 2.75) is 38.8 Å². The van der Waals surface area contributed by atoms with E-state index in [1.54, 1.807) is 0 Å². The zero-order valence-corrected chi connectivity index (χ0v) is 12.2. The van der Waals surface area contributed by atoms with Gasteiger partial charge in [-0.2, -0.15) is 0 Å². The summed E-state index contributed by atoms with van der Waals surface area (Å²) in [6.07, 6.45) is 1.20. The fourth-order valence-corrected chi connectivity index (χ4v) is 2.52. The van der Waals surface area contributed by atoms with Crippen LogP contribution < -0.4 is 10.6 Å². The molecule has 2 atom stereocenters. The second-order valence-corrected chi connectivity index (χ2v) is 5.73. The Labute approximate surface area is 120 Å². The molecule has 4 heteroatoms. The highest BCUT2D eigenvalue weighted by atomic mass is 16.3. The third-order valence-electron chi connectivity index (χ3n) is 3.88. The normalized spacial score (nSPS) is 19.5. The van der Waals surface area contributed by atoms with Crippen LogP contribution in [0.3, 0.4) is 0 Å². The minimum atomic E-state index is -0.359. The molecule has 20 heavy (non-hydrogen) atoms. The summed E-state index contributed by atoms with van der Waals surface area (Å²) in [5.41, 5.74) is 2.31. The number of aliphatic hydroxyl groups excluding tert-OH is 1. The van der Waals surface area contributed by atoms with Crippen molar-refractivity contribution in [3.8, 4) is 0 Å². The number of benzene rings is 1. The Morgan fingerprint density at radius 2 is 2.20 bits per heavy atom. The summed E-state index contributed by atoms with van der Waals surface area (Å²) in [6, 6.07) is 7.80. The zero-order valence-electron chi connectivity index (χ0n) is 12.2. The van der Waals surface area contributed by atoms with E-state index in [4.69, 9.17) is 0 Å². The van der Waals surface area contributed by atoms with E-state index in [1.165, 1.54) is 5.56 Å². The molecule has 4 nitrogen and oxygen atoms in total. The molecule has 0 aliphatic carbocycles. The van der Waals surface area contributed by atoms with E-state index in [9.17, 15) is 9.90 Å². The van der Waals surface area contributed by atoms with E-state index in [0.29, 0.717) is 13.0 Å². The topological polar surface area (TPSA) is 61.4 Å². The molecule has 1 amide bonds. The van der Waals surface area contributed by atoms with Gasteiger partial charge in [0.1, 0.15) is 6.04 Å². The van der Waals surface area contributed by atoms with E-state index < -0.39 is 0 Å². The molecule has 0 spiro atoms. The lowest BCUT2D eigenvalue weighted by molar-refractivity contribution is -0.123. The van der Waals surface area contributed by atoms with E-state index in [0.717, 1.165) is 18.5 Å². The number of carbonyl (C=O) groups excluding carboxylic acids is 1. The summed E-state index contributed by atoms with van der Waals surface area (Å²) < 4.78 is 0. The molecule has 0 saturated heterocycles. The van der Waals surface area contributed by atoms with Crippen LogP contribution in [-0.2, 0) is 11.2 Å². The van der Waals surface area contributed by atoms with Crippen molar-refractivity contribution < 1.29 is 9.90 Å². The molecule has 0 saturated carbocycles. The first-order chi connectivity index (χ1) is 9.59. The maximum absolute atomic E-state index is 12.3. The van der Waals surface area contributed by atoms with Gasteiger partial charge in [0.15, 0.2) is 0 Å². The smallest absolute Gasteiger partial charge is 0.241 e. The molecule has 1 heterocycles. The van der Waals surface area contributed by atoms with Crippen molar-refractivity contribution in [2.75, 3.05) is 13.1 Å². The molecular weight excluding hydrogens is 252 g/mol. The van der Waals surface area contributed by atoms with E-state index in [2.05, 4.69) is 16.7 Å². The molecule has 0 bridgehead atoms. The molecule has 1 aliphatic rings. The number of hydrogen-bond donors (Lipinski definition) is 3. The van der Waals surface area contributed by atoms with Crippen LogP contribution in [0, 0.1) is 5.92 Å². The van der Waals surface area contributed by atoms with Crippen molar-refractivity contribution in [1.29, 1.82) is 0 Å². The summed E-state index contributed by atoms with van der Waals surface area (Å²) in [5.74, 6) is 0.216. The van der Waals surface area contributed by atoms with Gasteiger partial charge in [-0.1, -0.05) is 38.1 Å². The maximum atomic E-state index is 12.3. The molecule has 3 N–H and O–H groups in total. The van der Waals surface area contributed by atoms with E-state index >= 15 is 0 Å². The van der Waals surface area contributed by atoms with Gasteiger partial charge in [-0.25, -0.2) is 0 Å². The van der Waals surface area contributed by atoms with Crippen molar-refractivity contribution in [2.24, 2.45) is 5.92 Å². The van der Waals surface area contributed by atoms with Gasteiger partial charge in [-0.15, -0.1) is 0 Å². The lowest BCUT2D eigenvalue weighted by Crippen LogP contribution is -2.42. The number of carbonyl (C=O) groups is 1. The Balaban J connectivity index is 1.91. The van der Waals surface area contributed by atoms with Crippen LogP contribution in [0.25, 0.3) is 0 Å². The van der Waals surface area contributed by atoms with Crippen molar-refractivity contribution in [3.05, 3.63) is 35.4 Å². The lowest BCUT2D eigenvalue weighted by atomic mass is 9.94. The fourth-order valence-electron chi connectivity index (χ4n) is 2.52. The van der Waals surface area contributed by atoms with Crippen molar-refractivity contribution >= 4 is 5.91 Å². The van der Waals surface area contributed by atoms with Crippen molar-refractivity contribution in [1.82, 2.24) is 10.6 Å². The molecule has 2 unspecified atom stereocenters. The average Bonchev–Trinajstić information content (AvgIpc) is 2.46. The zero-order chi connectivity index (χ0) is 14.5. The van der Waals surface area contributed by atoms with Gasteiger partial charge in [0.05, 0.1) is 6.10 Å². The summed E-state index contributed by atoms with van der Waals surface area (Å²) in [5, 5.41) is 15.9. The minimum absolute atomic E-state index is 0.00638. The van der Waals surface area contributed by atoms with Gasteiger partial charge in [0.2, 0.25) is 5.91 Å². The van der Waals surface area contributed by atoms with Crippen LogP contribution >= 0.6 is 0 Å². The van der Waals surface area contributed by atoms with Crippen molar-refractivity contribution in [3.63, 3.8) is 0 Å². The van der Waals surface area contributed by atoms with Crippen LogP contribution in [0.15, 0.2) is 24.3 Å². The number of amides is 1. The van der Waals surface area contributed by atoms with Crippen LogP contribution in [-0.4, -0.2) is 30.2 Å². The predicted octanol–water partition coefficient (Wildman–Crippen LogP) is 1.40. The van der Waals surface area contributed by atoms with E-state index in [1.807, 2.05) is 32.0 Å². The molecular formula is C16H24N2O2. The number of hydrogen-bond acceptors (Lipinski definition) is 3. The SMILES string of the molecule is CC(C)C(O)CCNC(=O)C1NCCc2ccccc21. The monoisotopic (exact) mass is 276 g/mol. The second-order valence-electron chi connectivity index (χ2n) is 5.73. The van der Waals surface area contributed by atoms with Gasteiger partial charge in [-0.3, -0.25) is 4.79 Å². The molecule has 0 fully saturated rings. The Bertz CT molecular complexity index is 460. The van der Waals surface area contributed by atoms with Gasteiger partial charge in [-0.05, 0) is 29.9 Å². The minimum Gasteiger partial charge on any atom is -0.393 e. The summed E-state index contributed by atoms with van der Waals surface area (Å²) >= 11 is 0. The largest absolute Gasteiger partial charge is 0.393 e. The van der Waals surface area contributed by atoms with Gasteiger partial charge in [0.25, 0.3) is 0 Å². The fraction of sp³-hybridized carbons (Fsp3) is 0.562. The molecule has 110 valence electrons. The third-order valence-corrected chi connectivity index (χ3v) is 3.88. The molecule has 0 aromatic heterocycles. The highest BCUT2D eigenvalue weighted by molar-refractivity contribution is 5.83. The lowest BCUT2D eigenvalue weighted by Gasteiger charge is -2.26. The van der Waals surface area contributed by atoms with Gasteiger partial charge >= 0.3 is 0 Å². The first-order valence-electron chi connectivity index (χ1n) is 7.36. The molecule has 2 rings (SSSR count). The molecule has 1 aromatic carbocycles. The maximum Gasteiger partial charge on any atom is 0.241 e. The number of nitrogens with one attached hydrogen (secondary N) is 2. The summed E-state index contributed by atoms with van der Waals surface area (Å²) in [7, 11) is 0. The standard InChI is InChI=1S/C16H24N2O2/c1-11(2)14(19)8-10-18-16(20)15-13-6-4-3-5-12(13)7-9-17-15/h3-6,11,14-15,17,19H,7-10H2,1-2H3,(H,18,20). The molecule has 1 aliphatic heterocycles. The third kappa shape index (κ3) is 3.58. The predicted molar refractivity (Wildman–Crippen MR) is 79.4 cm³/mol. The first-order valence-corrected chi connectivity index (χ1v) is 7.36. The Kier molecular flexibility index (Phi) is 5.15. The average molecular weight is 276 g/mol. The van der Waals surface area contributed by atoms with E-state index in [-0.39, 0.29) is 24.0 Å². The highest BCUT2D eigenvalue weighted by Gasteiger charge is 2.25. The van der Waals surface area contributed by atoms with Crippen LogP contribution in [0.5, 0.6) is 0 Å². The number of aliphatic hydroxyl groups is 1. The summed E-state index contributed by atoms with van der Waals surface area (Å²) in [4.78, 5) is 12.3. The summed E-state index contributed by atoms with van der Waals surface area (Å²) in [6.45, 7) is 5.29. The molecule has 0 radical (unpaired) electrons. The Morgan fingerprint density at radius 1 is 1.45 bits per heavy atom. The van der Waals surface area contributed by atoms with Gasteiger partial charge < -0.3 is 15.7 Å². The Hall–Kier alpha value is -1.39. The second kappa shape index (κ2) is 6.86. The van der Waals surface area contributed by atoms with Crippen LogP contribution in [0.2, 0.25) is 0 Å². The highest BCUT2D eigenvalue weighted by Crippen LogP contribution is 2.22. The molecule has 1 aromatic rings. The number of fused-ring (bicyclic) bond motifs is 1. The first kappa shape index (κ1) is 15.0. The van der Waals surface area contributed by atoms with Crippen LogP contribution in [0.1, 0.15) is 37.4 Å². The van der Waals surface area contributed by atoms with Gasteiger partial charge in [0, 0.05) is 13.1 Å². The quantitative estimate of drug-likeness (QED) is 0.762. The number of rotatable bonds is 5. The van der Waals surface area contributed by atoms with Crippen LogP contribution in [0.4, 0.5) is 0 Å². The Morgan fingerprint density at radius 3 is 2.95 bits per heavy atom.